The van der Waals surface area contributed by atoms with Crippen LogP contribution in [-0.4, -0.2) is 70.5 Å². The number of hydrogen-bond acceptors (Lipinski definition) is 5. The average Bonchev–Trinajstić information content (AvgIpc) is 2.68. The van der Waals surface area contributed by atoms with Crippen LogP contribution in [0.15, 0.2) is 6.20 Å². The van der Waals surface area contributed by atoms with Crippen molar-refractivity contribution < 1.29 is 13.2 Å². The van der Waals surface area contributed by atoms with Gasteiger partial charge in [0.25, 0.3) is 10.2 Å². The highest BCUT2D eigenvalue weighted by Gasteiger charge is 2.32. The van der Waals surface area contributed by atoms with Crippen LogP contribution in [0.1, 0.15) is 56.6 Å². The number of carbonyl (C=O) groups excluding carboxylic acids is 1. The van der Waals surface area contributed by atoms with Crippen molar-refractivity contribution in [3.8, 4) is 0 Å². The summed E-state index contributed by atoms with van der Waals surface area (Å²) in [6.07, 6.45) is 4.30. The third-order valence-electron chi connectivity index (χ3n) is 5.51. The molecule has 3 heterocycles. The summed E-state index contributed by atoms with van der Waals surface area (Å²) in [5.74, 6) is 1.03. The van der Waals surface area contributed by atoms with Gasteiger partial charge < -0.3 is 4.90 Å². The molecule has 1 aromatic heterocycles. The van der Waals surface area contributed by atoms with Crippen molar-refractivity contribution in [2.24, 2.45) is 0 Å². The molecule has 1 saturated heterocycles. The van der Waals surface area contributed by atoms with E-state index in [1.54, 1.807) is 13.1 Å². The summed E-state index contributed by atoms with van der Waals surface area (Å²) in [5.41, 5.74) is 1.81. The van der Waals surface area contributed by atoms with E-state index >= 15 is 0 Å². The minimum Gasteiger partial charge on any atom is -0.342 e. The van der Waals surface area contributed by atoms with E-state index in [0.29, 0.717) is 39.1 Å². The van der Waals surface area contributed by atoms with Gasteiger partial charge in [-0.2, -0.15) is 17.0 Å². The van der Waals surface area contributed by atoms with E-state index in [0.717, 1.165) is 36.5 Å². The van der Waals surface area contributed by atoms with Gasteiger partial charge in [0.2, 0.25) is 5.91 Å². The fourth-order valence-corrected chi connectivity index (χ4v) is 5.49. The zero-order valence-corrected chi connectivity index (χ0v) is 17.2. The highest BCUT2D eigenvalue weighted by molar-refractivity contribution is 7.86. The van der Waals surface area contributed by atoms with Crippen molar-refractivity contribution in [1.29, 1.82) is 0 Å². The third kappa shape index (κ3) is 4.14. The second kappa shape index (κ2) is 8.20. The maximum Gasteiger partial charge on any atom is 0.282 e. The van der Waals surface area contributed by atoms with Crippen molar-refractivity contribution in [2.45, 2.75) is 52.5 Å². The Bertz CT molecular complexity index is 794. The van der Waals surface area contributed by atoms with Crippen LogP contribution in [0.3, 0.4) is 0 Å². The SMILES string of the molecule is CCN(CC)S(=O)(=O)N1CCc2nc([C@H]3CCCN(C(C)=O)C3)ncc2C1. The van der Waals surface area contributed by atoms with E-state index in [9.17, 15) is 13.2 Å². The first-order valence-electron chi connectivity index (χ1n) is 9.72. The van der Waals surface area contributed by atoms with Crippen molar-refractivity contribution in [1.82, 2.24) is 23.5 Å². The summed E-state index contributed by atoms with van der Waals surface area (Å²) < 4.78 is 28.5. The topological polar surface area (TPSA) is 86.7 Å². The summed E-state index contributed by atoms with van der Waals surface area (Å²) in [7, 11) is -3.45. The fourth-order valence-electron chi connectivity index (χ4n) is 3.89. The maximum absolute atomic E-state index is 12.7. The summed E-state index contributed by atoms with van der Waals surface area (Å²) in [6.45, 7) is 8.45. The number of carbonyl (C=O) groups is 1. The predicted octanol–water partition coefficient (Wildman–Crippen LogP) is 1.15. The van der Waals surface area contributed by atoms with E-state index in [2.05, 4.69) is 4.98 Å². The molecule has 0 bridgehead atoms. The second-order valence-electron chi connectivity index (χ2n) is 7.18. The molecule has 2 aliphatic heterocycles. The Morgan fingerprint density at radius 3 is 2.70 bits per heavy atom. The number of hydrogen-bond donors (Lipinski definition) is 0. The average molecular weight is 396 g/mol. The normalized spacial score (nSPS) is 21.3. The first-order chi connectivity index (χ1) is 12.9. The van der Waals surface area contributed by atoms with Crippen molar-refractivity contribution in [2.75, 3.05) is 32.7 Å². The van der Waals surface area contributed by atoms with Gasteiger partial charge in [0.05, 0.1) is 0 Å². The molecule has 27 heavy (non-hydrogen) atoms. The molecule has 0 saturated carbocycles. The number of aromatic nitrogens is 2. The molecule has 1 atom stereocenters. The van der Waals surface area contributed by atoms with E-state index < -0.39 is 10.2 Å². The Morgan fingerprint density at radius 2 is 2.04 bits per heavy atom. The molecule has 0 spiro atoms. The first kappa shape index (κ1) is 20.2. The standard InChI is InChI=1S/C18H29N5O3S/c1-4-22(5-2)27(25,26)23-10-8-17-16(13-23)11-19-18(20-17)15-7-6-9-21(12-15)14(3)24/h11,15H,4-10,12-13H2,1-3H3/t15-/m0/s1. The van der Waals surface area contributed by atoms with Gasteiger partial charge in [0.15, 0.2) is 0 Å². The highest BCUT2D eigenvalue weighted by Crippen LogP contribution is 2.27. The van der Waals surface area contributed by atoms with Crippen LogP contribution in [0.5, 0.6) is 0 Å². The van der Waals surface area contributed by atoms with E-state index in [1.807, 2.05) is 18.7 Å². The molecule has 3 rings (SSSR count). The monoisotopic (exact) mass is 395 g/mol. The molecule has 0 aliphatic carbocycles. The molecular formula is C18H29N5O3S. The molecular weight excluding hydrogens is 366 g/mol. The van der Waals surface area contributed by atoms with Gasteiger partial charge in [-0.05, 0) is 12.8 Å². The Labute approximate surface area is 161 Å². The lowest BCUT2D eigenvalue weighted by atomic mass is 9.96. The Hall–Kier alpha value is -1.58. The minimum atomic E-state index is -3.45. The number of rotatable bonds is 5. The minimum absolute atomic E-state index is 0.0925. The van der Waals surface area contributed by atoms with Crippen molar-refractivity contribution >= 4 is 16.1 Å². The van der Waals surface area contributed by atoms with Crippen LogP contribution < -0.4 is 0 Å². The number of likely N-dealkylation sites (tertiary alicyclic amines) is 1. The third-order valence-corrected chi connectivity index (χ3v) is 7.64. The van der Waals surface area contributed by atoms with Crippen LogP contribution >= 0.6 is 0 Å². The molecule has 2 aliphatic rings. The number of nitrogens with zero attached hydrogens (tertiary/aromatic N) is 5. The van der Waals surface area contributed by atoms with Crippen molar-refractivity contribution in [3.05, 3.63) is 23.3 Å². The van der Waals surface area contributed by atoms with Gasteiger partial charge in [-0.1, -0.05) is 13.8 Å². The smallest absolute Gasteiger partial charge is 0.282 e. The fraction of sp³-hybridized carbons (Fsp3) is 0.722. The van der Waals surface area contributed by atoms with Gasteiger partial charge >= 0.3 is 0 Å². The Morgan fingerprint density at radius 1 is 1.30 bits per heavy atom. The van der Waals surface area contributed by atoms with Crippen molar-refractivity contribution in [3.63, 3.8) is 0 Å². The lowest BCUT2D eigenvalue weighted by molar-refractivity contribution is -0.130. The number of fused-ring (bicyclic) bond motifs is 1. The van der Waals surface area contributed by atoms with Crippen LogP contribution in [-0.2, 0) is 28.0 Å². The molecule has 1 aromatic rings. The highest BCUT2D eigenvalue weighted by atomic mass is 32.2. The Kier molecular flexibility index (Phi) is 6.12. The number of piperidine rings is 1. The van der Waals surface area contributed by atoms with E-state index in [-0.39, 0.29) is 11.8 Å². The molecule has 0 unspecified atom stereocenters. The van der Waals surface area contributed by atoms with Crippen LogP contribution in [0, 0.1) is 0 Å². The molecule has 0 N–H and O–H groups in total. The van der Waals surface area contributed by atoms with Gasteiger partial charge in [-0.25, -0.2) is 9.97 Å². The largest absolute Gasteiger partial charge is 0.342 e. The molecule has 9 heteroatoms. The first-order valence-corrected chi connectivity index (χ1v) is 11.1. The molecule has 1 amide bonds. The summed E-state index contributed by atoms with van der Waals surface area (Å²) in [6, 6.07) is 0. The molecule has 1 fully saturated rings. The maximum atomic E-state index is 12.7. The number of amides is 1. The zero-order chi connectivity index (χ0) is 19.6. The van der Waals surface area contributed by atoms with Gasteiger partial charge in [0.1, 0.15) is 5.82 Å². The van der Waals surface area contributed by atoms with Crippen LogP contribution in [0.4, 0.5) is 0 Å². The summed E-state index contributed by atoms with van der Waals surface area (Å²) in [4.78, 5) is 22.8. The Balaban J connectivity index is 1.76. The molecule has 0 radical (unpaired) electrons. The van der Waals surface area contributed by atoms with Gasteiger partial charge in [0, 0.05) is 76.0 Å². The van der Waals surface area contributed by atoms with Crippen LogP contribution in [0.2, 0.25) is 0 Å². The predicted molar refractivity (Wildman–Crippen MR) is 102 cm³/mol. The van der Waals surface area contributed by atoms with Gasteiger partial charge in [-0.3, -0.25) is 4.79 Å². The second-order valence-corrected chi connectivity index (χ2v) is 9.11. The molecule has 8 nitrogen and oxygen atoms in total. The lowest BCUT2D eigenvalue weighted by Gasteiger charge is -2.33. The van der Waals surface area contributed by atoms with E-state index in [1.165, 1.54) is 8.61 Å². The van der Waals surface area contributed by atoms with E-state index in [4.69, 9.17) is 4.98 Å². The lowest BCUT2D eigenvalue weighted by Crippen LogP contribution is -2.46. The van der Waals surface area contributed by atoms with Gasteiger partial charge in [-0.15, -0.1) is 0 Å². The molecule has 0 aromatic carbocycles. The zero-order valence-electron chi connectivity index (χ0n) is 16.4. The summed E-state index contributed by atoms with van der Waals surface area (Å²) in [5, 5.41) is 0. The molecule has 150 valence electrons. The quantitative estimate of drug-likeness (QED) is 0.746. The van der Waals surface area contributed by atoms with Crippen LogP contribution in [0.25, 0.3) is 0 Å². The summed E-state index contributed by atoms with van der Waals surface area (Å²) >= 11 is 0.